The van der Waals surface area contributed by atoms with Crippen LogP contribution in [0.15, 0.2) is 0 Å². The lowest BCUT2D eigenvalue weighted by atomic mass is 10.0. The van der Waals surface area contributed by atoms with E-state index in [-0.39, 0.29) is 24.2 Å². The van der Waals surface area contributed by atoms with Crippen LogP contribution in [0.1, 0.15) is 46.0 Å². The van der Waals surface area contributed by atoms with Gasteiger partial charge in [0.05, 0.1) is 18.3 Å². The van der Waals surface area contributed by atoms with Crippen LogP contribution in [0, 0.1) is 5.92 Å². The summed E-state index contributed by atoms with van der Waals surface area (Å²) in [6.45, 7) is 5.10. The zero-order valence-corrected chi connectivity index (χ0v) is 11.5. The summed E-state index contributed by atoms with van der Waals surface area (Å²) in [4.78, 5) is 14.2. The lowest BCUT2D eigenvalue weighted by Crippen LogP contribution is -2.55. The molecule has 0 bridgehead atoms. The van der Waals surface area contributed by atoms with Crippen molar-refractivity contribution in [3.8, 4) is 0 Å². The Labute approximate surface area is 109 Å². The van der Waals surface area contributed by atoms with Crippen molar-refractivity contribution in [2.75, 3.05) is 19.7 Å². The number of hydrogen-bond acceptors (Lipinski definition) is 3. The van der Waals surface area contributed by atoms with Crippen LogP contribution in [0.3, 0.4) is 0 Å². The maximum Gasteiger partial charge on any atom is 0.223 e. The second-order valence-electron chi connectivity index (χ2n) is 6.31. The van der Waals surface area contributed by atoms with Gasteiger partial charge in [-0.1, -0.05) is 12.8 Å². The van der Waals surface area contributed by atoms with Crippen LogP contribution < -0.4 is 0 Å². The zero-order valence-electron chi connectivity index (χ0n) is 11.5. The Morgan fingerprint density at radius 2 is 2.06 bits per heavy atom. The van der Waals surface area contributed by atoms with Gasteiger partial charge in [0.15, 0.2) is 0 Å². The van der Waals surface area contributed by atoms with Gasteiger partial charge in [0, 0.05) is 19.5 Å². The fraction of sp³-hybridized carbons (Fsp3) is 0.929. The van der Waals surface area contributed by atoms with Crippen LogP contribution in [0.2, 0.25) is 0 Å². The molecule has 1 atom stereocenters. The van der Waals surface area contributed by atoms with Crippen molar-refractivity contribution in [3.63, 3.8) is 0 Å². The maximum absolute atomic E-state index is 12.3. The Kier molecular flexibility index (Phi) is 4.28. The molecule has 1 saturated carbocycles. The van der Waals surface area contributed by atoms with Crippen LogP contribution in [0.5, 0.6) is 0 Å². The number of aliphatic hydroxyl groups excluding tert-OH is 1. The molecule has 0 aromatic heterocycles. The van der Waals surface area contributed by atoms with E-state index in [1.165, 1.54) is 25.7 Å². The molecule has 4 heteroatoms. The molecule has 0 radical (unpaired) electrons. The van der Waals surface area contributed by atoms with E-state index in [1.54, 1.807) is 0 Å². The SMILES string of the molecule is CC1(C)CN(C(=O)CC2CCCC2)CC(CO)O1. The number of nitrogens with zero attached hydrogens (tertiary/aromatic N) is 1. The van der Waals surface area contributed by atoms with Gasteiger partial charge < -0.3 is 14.7 Å². The number of carbonyl (C=O) groups is 1. The van der Waals surface area contributed by atoms with Gasteiger partial charge in [0.25, 0.3) is 0 Å². The molecule has 1 N–H and O–H groups in total. The van der Waals surface area contributed by atoms with Crippen molar-refractivity contribution in [1.29, 1.82) is 0 Å². The maximum atomic E-state index is 12.3. The van der Waals surface area contributed by atoms with Gasteiger partial charge in [0.1, 0.15) is 0 Å². The molecule has 0 aromatic carbocycles. The first kappa shape index (κ1) is 13.8. The Morgan fingerprint density at radius 1 is 1.39 bits per heavy atom. The van der Waals surface area contributed by atoms with E-state index in [9.17, 15) is 9.90 Å². The van der Waals surface area contributed by atoms with Crippen LogP contribution in [0.4, 0.5) is 0 Å². The molecule has 2 fully saturated rings. The summed E-state index contributed by atoms with van der Waals surface area (Å²) in [7, 11) is 0. The Hall–Kier alpha value is -0.610. The summed E-state index contributed by atoms with van der Waals surface area (Å²) in [6, 6.07) is 0. The molecule has 1 heterocycles. The minimum absolute atomic E-state index is 0.0172. The summed E-state index contributed by atoms with van der Waals surface area (Å²) in [5.41, 5.74) is -0.350. The van der Waals surface area contributed by atoms with Crippen LogP contribution >= 0.6 is 0 Å². The zero-order chi connectivity index (χ0) is 13.2. The third-order valence-electron chi connectivity index (χ3n) is 3.98. The largest absolute Gasteiger partial charge is 0.394 e. The molecule has 104 valence electrons. The van der Waals surface area contributed by atoms with Crippen LogP contribution in [-0.2, 0) is 9.53 Å². The van der Waals surface area contributed by atoms with E-state index in [1.807, 2.05) is 18.7 Å². The van der Waals surface area contributed by atoms with E-state index in [4.69, 9.17) is 4.74 Å². The van der Waals surface area contributed by atoms with Crippen LogP contribution in [-0.4, -0.2) is 47.3 Å². The Balaban J connectivity index is 1.91. The molecule has 2 rings (SSSR count). The van der Waals surface area contributed by atoms with Gasteiger partial charge in [-0.05, 0) is 32.6 Å². The molecular weight excluding hydrogens is 230 g/mol. The van der Waals surface area contributed by atoms with E-state index >= 15 is 0 Å². The molecule has 1 saturated heterocycles. The summed E-state index contributed by atoms with van der Waals surface area (Å²) in [5, 5.41) is 9.24. The number of rotatable bonds is 3. The Bertz CT molecular complexity index is 297. The topological polar surface area (TPSA) is 49.8 Å². The third-order valence-corrected chi connectivity index (χ3v) is 3.98. The second-order valence-corrected chi connectivity index (χ2v) is 6.31. The van der Waals surface area contributed by atoms with E-state index in [0.717, 1.165) is 0 Å². The fourth-order valence-electron chi connectivity index (χ4n) is 3.17. The standard InChI is InChI=1S/C14H25NO3/c1-14(2)10-15(8-12(9-16)18-14)13(17)7-11-5-3-4-6-11/h11-12,16H,3-10H2,1-2H3. The molecule has 1 amide bonds. The molecular formula is C14H25NO3. The minimum atomic E-state index is -0.350. The smallest absolute Gasteiger partial charge is 0.223 e. The van der Waals surface area contributed by atoms with E-state index in [2.05, 4.69) is 0 Å². The molecule has 4 nitrogen and oxygen atoms in total. The first-order valence-corrected chi connectivity index (χ1v) is 7.06. The third kappa shape index (κ3) is 3.45. The summed E-state index contributed by atoms with van der Waals surface area (Å²) >= 11 is 0. The minimum Gasteiger partial charge on any atom is -0.394 e. The van der Waals surface area contributed by atoms with Gasteiger partial charge in [-0.3, -0.25) is 4.79 Å². The first-order valence-electron chi connectivity index (χ1n) is 7.06. The molecule has 1 unspecified atom stereocenters. The predicted octanol–water partition coefficient (Wildman–Crippen LogP) is 1.56. The number of hydrogen-bond donors (Lipinski definition) is 1. The highest BCUT2D eigenvalue weighted by Gasteiger charge is 2.35. The van der Waals surface area contributed by atoms with Gasteiger partial charge in [-0.15, -0.1) is 0 Å². The van der Waals surface area contributed by atoms with Crippen molar-refractivity contribution >= 4 is 5.91 Å². The summed E-state index contributed by atoms with van der Waals surface area (Å²) in [5.74, 6) is 0.813. The molecule has 2 aliphatic rings. The normalized spacial score (nSPS) is 28.6. The highest BCUT2D eigenvalue weighted by molar-refractivity contribution is 5.76. The number of carbonyl (C=O) groups excluding carboxylic acids is 1. The van der Waals surface area contributed by atoms with Crippen molar-refractivity contribution < 1.29 is 14.6 Å². The molecule has 1 aliphatic carbocycles. The lowest BCUT2D eigenvalue weighted by Gasteiger charge is -2.42. The molecule has 0 aromatic rings. The van der Waals surface area contributed by atoms with Crippen molar-refractivity contribution in [3.05, 3.63) is 0 Å². The number of aliphatic hydroxyl groups is 1. The average molecular weight is 255 g/mol. The lowest BCUT2D eigenvalue weighted by molar-refractivity contribution is -0.167. The number of morpholine rings is 1. The second kappa shape index (κ2) is 5.57. The average Bonchev–Trinajstić information content (AvgIpc) is 2.79. The quantitative estimate of drug-likeness (QED) is 0.832. The molecule has 18 heavy (non-hydrogen) atoms. The van der Waals surface area contributed by atoms with Gasteiger partial charge >= 0.3 is 0 Å². The van der Waals surface area contributed by atoms with Crippen molar-refractivity contribution in [2.45, 2.75) is 57.7 Å². The monoisotopic (exact) mass is 255 g/mol. The van der Waals surface area contributed by atoms with Crippen molar-refractivity contribution in [2.24, 2.45) is 5.92 Å². The number of ether oxygens (including phenoxy) is 1. The van der Waals surface area contributed by atoms with Gasteiger partial charge in [-0.2, -0.15) is 0 Å². The van der Waals surface area contributed by atoms with Gasteiger partial charge in [0.2, 0.25) is 5.91 Å². The van der Waals surface area contributed by atoms with E-state index in [0.29, 0.717) is 25.4 Å². The molecule has 1 aliphatic heterocycles. The highest BCUT2D eigenvalue weighted by atomic mass is 16.5. The first-order chi connectivity index (χ1) is 8.50. The summed E-state index contributed by atoms with van der Waals surface area (Å²) in [6.07, 6.45) is 5.37. The Morgan fingerprint density at radius 3 is 2.67 bits per heavy atom. The highest BCUT2D eigenvalue weighted by Crippen LogP contribution is 2.29. The predicted molar refractivity (Wildman–Crippen MR) is 69.2 cm³/mol. The fourth-order valence-corrected chi connectivity index (χ4v) is 3.17. The number of amides is 1. The summed E-state index contributed by atoms with van der Waals surface area (Å²) < 4.78 is 5.73. The van der Waals surface area contributed by atoms with Gasteiger partial charge in [-0.25, -0.2) is 0 Å². The molecule has 0 spiro atoms. The van der Waals surface area contributed by atoms with Crippen LogP contribution in [0.25, 0.3) is 0 Å². The van der Waals surface area contributed by atoms with Crippen molar-refractivity contribution in [1.82, 2.24) is 4.90 Å². The van der Waals surface area contributed by atoms with E-state index < -0.39 is 0 Å².